The zero-order chi connectivity index (χ0) is 13.8. The number of nitrogens with two attached hydrogens (primary N) is 1. The number of aromatic carboxylic acids is 1. The number of amides is 1. The normalized spacial score (nSPS) is 18.8. The van der Waals surface area contributed by atoms with Crippen molar-refractivity contribution in [2.75, 3.05) is 30.9 Å². The van der Waals surface area contributed by atoms with E-state index in [9.17, 15) is 9.59 Å². The van der Waals surface area contributed by atoms with Crippen LogP contribution in [0.4, 0.5) is 11.4 Å². The Hall–Kier alpha value is -2.12. The molecule has 7 heteroatoms. The van der Waals surface area contributed by atoms with Crippen molar-refractivity contribution in [1.29, 1.82) is 0 Å². The molecule has 0 aliphatic carbocycles. The number of carboxylic acid groups (broad SMARTS) is 1. The number of hydrogen-bond acceptors (Lipinski definition) is 5. The van der Waals surface area contributed by atoms with Crippen LogP contribution in [0, 0.1) is 0 Å². The summed E-state index contributed by atoms with van der Waals surface area (Å²) in [6.07, 6.45) is -0.739. The molecule has 1 heterocycles. The van der Waals surface area contributed by atoms with Gasteiger partial charge in [-0.2, -0.15) is 0 Å². The maximum absolute atomic E-state index is 11.9. The summed E-state index contributed by atoms with van der Waals surface area (Å²) < 4.78 is 10.3. The second kappa shape index (κ2) is 5.68. The van der Waals surface area contributed by atoms with Crippen molar-refractivity contribution in [3.8, 4) is 0 Å². The zero-order valence-electron chi connectivity index (χ0n) is 10.1. The lowest BCUT2D eigenvalue weighted by Gasteiger charge is -2.22. The molecular weight excluding hydrogens is 252 g/mol. The van der Waals surface area contributed by atoms with Gasteiger partial charge in [0.1, 0.15) is 0 Å². The van der Waals surface area contributed by atoms with Crippen LogP contribution >= 0.6 is 0 Å². The van der Waals surface area contributed by atoms with E-state index in [0.717, 1.165) is 0 Å². The van der Waals surface area contributed by atoms with E-state index in [1.54, 1.807) is 0 Å². The average Bonchev–Trinajstić information content (AvgIpc) is 2.39. The van der Waals surface area contributed by atoms with Gasteiger partial charge in [0.25, 0.3) is 5.91 Å². The summed E-state index contributed by atoms with van der Waals surface area (Å²) in [5, 5.41) is 11.5. The van der Waals surface area contributed by atoms with Crippen LogP contribution in [-0.4, -0.2) is 42.9 Å². The van der Waals surface area contributed by atoms with Gasteiger partial charge in [0.05, 0.1) is 31.1 Å². The largest absolute Gasteiger partial charge is 0.478 e. The van der Waals surface area contributed by atoms with Crippen molar-refractivity contribution in [3.05, 3.63) is 23.8 Å². The number of rotatable bonds is 3. The van der Waals surface area contributed by atoms with E-state index >= 15 is 0 Å². The Morgan fingerprint density at radius 1 is 1.37 bits per heavy atom. The van der Waals surface area contributed by atoms with Crippen molar-refractivity contribution in [3.63, 3.8) is 0 Å². The van der Waals surface area contributed by atoms with Crippen molar-refractivity contribution in [2.24, 2.45) is 0 Å². The molecule has 4 N–H and O–H groups in total. The Morgan fingerprint density at radius 3 is 2.79 bits per heavy atom. The predicted octanol–water partition coefficient (Wildman–Crippen LogP) is 0.321. The Labute approximate surface area is 109 Å². The van der Waals surface area contributed by atoms with Crippen LogP contribution in [0.5, 0.6) is 0 Å². The number of hydrogen-bond donors (Lipinski definition) is 3. The van der Waals surface area contributed by atoms with E-state index in [4.69, 9.17) is 20.3 Å². The number of carbonyl (C=O) groups excluding carboxylic acids is 1. The summed E-state index contributed by atoms with van der Waals surface area (Å²) in [4.78, 5) is 22.9. The smallest absolute Gasteiger partial charge is 0.337 e. The maximum atomic E-state index is 11.9. The third-order valence-corrected chi connectivity index (χ3v) is 2.64. The molecular formula is C12H14N2O5. The zero-order valence-corrected chi connectivity index (χ0v) is 10.1. The van der Waals surface area contributed by atoms with Gasteiger partial charge in [0.2, 0.25) is 0 Å². The molecule has 0 bridgehead atoms. The van der Waals surface area contributed by atoms with Gasteiger partial charge in [0, 0.05) is 5.69 Å². The quantitative estimate of drug-likeness (QED) is 0.679. The summed E-state index contributed by atoms with van der Waals surface area (Å²) in [6, 6.07) is 4.19. The number of carbonyl (C=O) groups is 2. The fraction of sp³-hybridized carbons (Fsp3) is 0.333. The Morgan fingerprint density at radius 2 is 2.16 bits per heavy atom. The molecule has 1 saturated heterocycles. The Balaban J connectivity index is 2.15. The second-order valence-corrected chi connectivity index (χ2v) is 4.03. The minimum Gasteiger partial charge on any atom is -0.478 e. The van der Waals surface area contributed by atoms with Gasteiger partial charge in [-0.15, -0.1) is 0 Å². The Kier molecular flexibility index (Phi) is 3.98. The van der Waals surface area contributed by atoms with Gasteiger partial charge in [-0.3, -0.25) is 4.79 Å². The van der Waals surface area contributed by atoms with E-state index in [-0.39, 0.29) is 17.9 Å². The van der Waals surface area contributed by atoms with Gasteiger partial charge in [0.15, 0.2) is 6.10 Å². The van der Waals surface area contributed by atoms with Crippen LogP contribution in [0.2, 0.25) is 0 Å². The first-order valence-electron chi connectivity index (χ1n) is 5.71. The molecule has 1 amide bonds. The number of benzene rings is 1. The molecule has 1 aromatic rings. The number of ether oxygens (including phenoxy) is 2. The second-order valence-electron chi connectivity index (χ2n) is 4.03. The standard InChI is InChI=1S/C12H14N2O5/c13-7-1-2-8(12(16)17)9(5-7)14-11(15)10-6-18-3-4-19-10/h1-2,5,10H,3-4,6,13H2,(H,14,15)(H,16,17). The molecule has 7 nitrogen and oxygen atoms in total. The van der Waals surface area contributed by atoms with Gasteiger partial charge in [-0.1, -0.05) is 0 Å². The molecule has 1 aromatic carbocycles. The molecule has 1 aliphatic heterocycles. The van der Waals surface area contributed by atoms with Crippen LogP contribution in [0.1, 0.15) is 10.4 Å². The van der Waals surface area contributed by atoms with Gasteiger partial charge in [-0.25, -0.2) is 4.79 Å². The minimum absolute atomic E-state index is 0.0284. The molecule has 0 aromatic heterocycles. The number of nitrogen functional groups attached to an aromatic ring is 1. The third-order valence-electron chi connectivity index (χ3n) is 2.64. The minimum atomic E-state index is -1.14. The number of nitrogens with one attached hydrogen (secondary N) is 1. The molecule has 1 fully saturated rings. The van der Waals surface area contributed by atoms with Crippen LogP contribution in [0.3, 0.4) is 0 Å². The topological polar surface area (TPSA) is 111 Å². The number of anilines is 2. The van der Waals surface area contributed by atoms with E-state index in [1.165, 1.54) is 18.2 Å². The first kappa shape index (κ1) is 13.3. The van der Waals surface area contributed by atoms with E-state index < -0.39 is 18.0 Å². The summed E-state index contributed by atoms with van der Waals surface area (Å²) >= 11 is 0. The van der Waals surface area contributed by atoms with E-state index in [0.29, 0.717) is 18.9 Å². The van der Waals surface area contributed by atoms with Crippen molar-refractivity contribution < 1.29 is 24.2 Å². The van der Waals surface area contributed by atoms with Crippen molar-refractivity contribution >= 4 is 23.3 Å². The molecule has 102 valence electrons. The van der Waals surface area contributed by atoms with Gasteiger partial charge in [-0.05, 0) is 18.2 Å². The predicted molar refractivity (Wildman–Crippen MR) is 67.0 cm³/mol. The highest BCUT2D eigenvalue weighted by Gasteiger charge is 2.24. The van der Waals surface area contributed by atoms with Crippen molar-refractivity contribution in [2.45, 2.75) is 6.10 Å². The molecule has 19 heavy (non-hydrogen) atoms. The van der Waals surface area contributed by atoms with Crippen LogP contribution < -0.4 is 11.1 Å². The first-order chi connectivity index (χ1) is 9.08. The lowest BCUT2D eigenvalue weighted by atomic mass is 10.1. The fourth-order valence-corrected chi connectivity index (χ4v) is 1.70. The molecule has 1 aliphatic rings. The third kappa shape index (κ3) is 3.21. The summed E-state index contributed by atoms with van der Waals surface area (Å²) in [5.41, 5.74) is 6.06. The Bertz CT molecular complexity index is 497. The van der Waals surface area contributed by atoms with Crippen LogP contribution in [-0.2, 0) is 14.3 Å². The van der Waals surface area contributed by atoms with Crippen LogP contribution in [0.25, 0.3) is 0 Å². The summed E-state index contributed by atoms with van der Waals surface area (Å²) in [7, 11) is 0. The van der Waals surface area contributed by atoms with Gasteiger partial charge < -0.3 is 25.6 Å². The highest BCUT2D eigenvalue weighted by molar-refractivity contribution is 6.02. The van der Waals surface area contributed by atoms with Crippen LogP contribution in [0.15, 0.2) is 18.2 Å². The molecule has 1 unspecified atom stereocenters. The molecule has 0 spiro atoms. The highest BCUT2D eigenvalue weighted by atomic mass is 16.6. The van der Waals surface area contributed by atoms with Crippen molar-refractivity contribution in [1.82, 2.24) is 0 Å². The monoisotopic (exact) mass is 266 g/mol. The molecule has 0 saturated carbocycles. The molecule has 2 rings (SSSR count). The van der Waals surface area contributed by atoms with E-state index in [2.05, 4.69) is 5.32 Å². The van der Waals surface area contributed by atoms with E-state index in [1.807, 2.05) is 0 Å². The fourth-order valence-electron chi connectivity index (χ4n) is 1.70. The molecule has 1 atom stereocenters. The number of carboxylic acids is 1. The highest BCUT2D eigenvalue weighted by Crippen LogP contribution is 2.20. The maximum Gasteiger partial charge on any atom is 0.337 e. The lowest BCUT2D eigenvalue weighted by Crippen LogP contribution is -2.39. The molecule has 0 radical (unpaired) electrons. The average molecular weight is 266 g/mol. The SMILES string of the molecule is Nc1ccc(C(=O)O)c(NC(=O)C2COCCO2)c1. The first-order valence-corrected chi connectivity index (χ1v) is 5.71. The lowest BCUT2D eigenvalue weighted by molar-refractivity contribution is -0.142. The summed E-state index contributed by atoms with van der Waals surface area (Å²) in [6.45, 7) is 0.930. The van der Waals surface area contributed by atoms with Gasteiger partial charge >= 0.3 is 5.97 Å². The summed E-state index contributed by atoms with van der Waals surface area (Å²) in [5.74, 6) is -1.59.